The van der Waals surface area contributed by atoms with Crippen LogP contribution in [0.25, 0.3) is 0 Å². The van der Waals surface area contributed by atoms with Gasteiger partial charge in [-0.2, -0.15) is 0 Å². The summed E-state index contributed by atoms with van der Waals surface area (Å²) >= 11 is 0. The van der Waals surface area contributed by atoms with Crippen molar-refractivity contribution in [2.75, 3.05) is 46.9 Å². The first-order chi connectivity index (χ1) is 16.3. The molecule has 2 saturated heterocycles. The van der Waals surface area contributed by atoms with Crippen molar-refractivity contribution < 1.29 is 18.7 Å². The van der Waals surface area contributed by atoms with Crippen LogP contribution in [0.2, 0.25) is 0 Å². The fraction of sp³-hybridized carbons (Fsp3) is 0.481. The molecule has 0 bridgehead atoms. The van der Waals surface area contributed by atoms with E-state index < -0.39 is 5.41 Å². The second-order valence-electron chi connectivity index (χ2n) is 9.58. The number of piperidine rings is 1. The second-order valence-corrected chi connectivity index (χ2v) is 9.58. The Labute approximate surface area is 201 Å². The van der Waals surface area contributed by atoms with Gasteiger partial charge in [0.1, 0.15) is 11.6 Å². The van der Waals surface area contributed by atoms with Gasteiger partial charge >= 0.3 is 0 Å². The largest absolute Gasteiger partial charge is 0.497 e. The first-order valence-electron chi connectivity index (χ1n) is 12.0. The minimum absolute atomic E-state index is 0.0195. The summed E-state index contributed by atoms with van der Waals surface area (Å²) in [5.41, 5.74) is 0.984. The average Bonchev–Trinajstić information content (AvgIpc) is 2.86. The Bertz CT molecular complexity index is 1020. The van der Waals surface area contributed by atoms with Crippen LogP contribution in [0.5, 0.6) is 5.75 Å². The highest BCUT2D eigenvalue weighted by molar-refractivity contribution is 5.84. The van der Waals surface area contributed by atoms with Crippen molar-refractivity contribution in [3.8, 4) is 5.75 Å². The van der Waals surface area contributed by atoms with Crippen LogP contribution in [0.15, 0.2) is 48.5 Å². The molecule has 2 aromatic carbocycles. The SMILES string of the molecule is COc1ccc([C@H]2CN(C(=O)C3(Cc4ccccc4F)CCN(C(C)=O)CC3)CCN2C)cc1. The van der Waals surface area contributed by atoms with Gasteiger partial charge < -0.3 is 14.5 Å². The minimum Gasteiger partial charge on any atom is -0.497 e. The molecule has 2 aliphatic heterocycles. The molecule has 2 aliphatic rings. The van der Waals surface area contributed by atoms with Gasteiger partial charge in [-0.15, -0.1) is 0 Å². The number of piperazine rings is 1. The molecule has 0 unspecified atom stereocenters. The third kappa shape index (κ3) is 4.94. The molecule has 0 spiro atoms. The molecular weight excluding hydrogens is 433 g/mol. The van der Waals surface area contributed by atoms with Crippen LogP contribution in [0.1, 0.15) is 36.9 Å². The zero-order valence-electron chi connectivity index (χ0n) is 20.3. The van der Waals surface area contributed by atoms with E-state index in [-0.39, 0.29) is 23.7 Å². The van der Waals surface area contributed by atoms with Crippen molar-refractivity contribution in [1.82, 2.24) is 14.7 Å². The molecule has 34 heavy (non-hydrogen) atoms. The number of rotatable bonds is 5. The van der Waals surface area contributed by atoms with Gasteiger partial charge in [-0.05, 0) is 55.6 Å². The monoisotopic (exact) mass is 467 g/mol. The molecular formula is C27H34FN3O3. The van der Waals surface area contributed by atoms with Crippen molar-refractivity contribution in [2.45, 2.75) is 32.2 Å². The van der Waals surface area contributed by atoms with E-state index >= 15 is 0 Å². The number of methoxy groups -OCH3 is 1. The average molecular weight is 468 g/mol. The molecule has 2 fully saturated rings. The summed E-state index contributed by atoms with van der Waals surface area (Å²) in [7, 11) is 3.73. The van der Waals surface area contributed by atoms with E-state index in [9.17, 15) is 14.0 Å². The Kier molecular flexibility index (Phi) is 7.22. The van der Waals surface area contributed by atoms with E-state index in [1.165, 1.54) is 6.07 Å². The number of halogens is 1. The van der Waals surface area contributed by atoms with Crippen LogP contribution in [-0.4, -0.2) is 73.4 Å². The molecule has 4 rings (SSSR count). The van der Waals surface area contributed by atoms with Gasteiger partial charge in [0, 0.05) is 39.6 Å². The topological polar surface area (TPSA) is 53.1 Å². The van der Waals surface area contributed by atoms with E-state index in [4.69, 9.17) is 4.74 Å². The summed E-state index contributed by atoms with van der Waals surface area (Å²) in [5, 5.41) is 0. The predicted octanol–water partition coefficient (Wildman–Crippen LogP) is 3.52. The lowest BCUT2D eigenvalue weighted by molar-refractivity contribution is -0.150. The molecule has 0 aromatic heterocycles. The minimum atomic E-state index is -0.714. The van der Waals surface area contributed by atoms with Gasteiger partial charge in [-0.1, -0.05) is 30.3 Å². The van der Waals surface area contributed by atoms with Crippen molar-refractivity contribution in [3.05, 3.63) is 65.5 Å². The summed E-state index contributed by atoms with van der Waals surface area (Å²) in [4.78, 5) is 32.1. The van der Waals surface area contributed by atoms with Crippen LogP contribution >= 0.6 is 0 Å². The van der Waals surface area contributed by atoms with E-state index in [1.54, 1.807) is 31.1 Å². The number of likely N-dealkylation sites (N-methyl/N-ethyl adjacent to an activating group) is 1. The standard InChI is InChI=1S/C27H34FN3O3/c1-20(32)30-14-12-27(13-15-30,18-22-6-4-5-7-24(22)28)26(33)31-17-16-29(2)25(19-31)21-8-10-23(34-3)11-9-21/h4-11,25H,12-19H2,1-3H3/t25-/m1/s1. The summed E-state index contributed by atoms with van der Waals surface area (Å²) in [5.74, 6) is 0.617. The summed E-state index contributed by atoms with van der Waals surface area (Å²) in [6.45, 7) is 4.58. The Morgan fingerprint density at radius 1 is 1.00 bits per heavy atom. The molecule has 0 radical (unpaired) electrons. The van der Waals surface area contributed by atoms with Gasteiger partial charge in [-0.25, -0.2) is 4.39 Å². The Balaban J connectivity index is 1.58. The molecule has 0 aliphatic carbocycles. The van der Waals surface area contributed by atoms with Crippen molar-refractivity contribution in [2.24, 2.45) is 5.41 Å². The Hall–Kier alpha value is -2.93. The van der Waals surface area contributed by atoms with E-state index in [0.29, 0.717) is 51.0 Å². The molecule has 7 heteroatoms. The lowest BCUT2D eigenvalue weighted by Crippen LogP contribution is -2.56. The molecule has 182 valence electrons. The van der Waals surface area contributed by atoms with E-state index in [2.05, 4.69) is 24.1 Å². The van der Waals surface area contributed by atoms with Crippen LogP contribution in [0.3, 0.4) is 0 Å². The number of benzene rings is 2. The Morgan fingerprint density at radius 3 is 2.29 bits per heavy atom. The number of hydrogen-bond acceptors (Lipinski definition) is 4. The first kappa shape index (κ1) is 24.2. The molecule has 6 nitrogen and oxygen atoms in total. The summed E-state index contributed by atoms with van der Waals surface area (Å²) < 4.78 is 19.9. The smallest absolute Gasteiger partial charge is 0.229 e. The molecule has 0 N–H and O–H groups in total. The van der Waals surface area contributed by atoms with Crippen molar-refractivity contribution >= 4 is 11.8 Å². The van der Waals surface area contributed by atoms with Crippen LogP contribution < -0.4 is 4.74 Å². The lowest BCUT2D eigenvalue weighted by atomic mass is 9.72. The molecule has 1 atom stereocenters. The number of ether oxygens (including phenoxy) is 1. The van der Waals surface area contributed by atoms with Gasteiger partial charge in [0.2, 0.25) is 11.8 Å². The van der Waals surface area contributed by atoms with E-state index in [0.717, 1.165) is 17.9 Å². The van der Waals surface area contributed by atoms with Crippen LogP contribution in [-0.2, 0) is 16.0 Å². The Morgan fingerprint density at radius 2 is 1.68 bits per heavy atom. The maximum atomic E-state index is 14.6. The zero-order chi connectivity index (χ0) is 24.3. The fourth-order valence-electron chi connectivity index (χ4n) is 5.30. The third-order valence-corrected chi connectivity index (χ3v) is 7.54. The van der Waals surface area contributed by atoms with Gasteiger partial charge in [-0.3, -0.25) is 14.5 Å². The number of amides is 2. The van der Waals surface area contributed by atoms with Crippen LogP contribution in [0.4, 0.5) is 4.39 Å². The van der Waals surface area contributed by atoms with Gasteiger partial charge in [0.15, 0.2) is 0 Å². The van der Waals surface area contributed by atoms with Gasteiger partial charge in [0.05, 0.1) is 18.6 Å². The molecule has 0 saturated carbocycles. The normalized spacial score (nSPS) is 20.8. The van der Waals surface area contributed by atoms with Gasteiger partial charge in [0.25, 0.3) is 0 Å². The van der Waals surface area contributed by atoms with E-state index in [1.807, 2.05) is 23.1 Å². The summed E-state index contributed by atoms with van der Waals surface area (Å²) in [6.07, 6.45) is 1.43. The van der Waals surface area contributed by atoms with Crippen molar-refractivity contribution in [1.29, 1.82) is 0 Å². The quantitative estimate of drug-likeness (QED) is 0.675. The lowest BCUT2D eigenvalue weighted by Gasteiger charge is -2.47. The first-order valence-corrected chi connectivity index (χ1v) is 12.0. The maximum absolute atomic E-state index is 14.6. The number of carbonyl (C=O) groups is 2. The number of likely N-dealkylation sites (tertiary alicyclic amines) is 1. The van der Waals surface area contributed by atoms with Crippen LogP contribution in [0, 0.1) is 11.2 Å². The fourth-order valence-corrected chi connectivity index (χ4v) is 5.30. The number of hydrogen-bond donors (Lipinski definition) is 0. The number of carbonyl (C=O) groups excluding carboxylic acids is 2. The molecule has 2 aromatic rings. The predicted molar refractivity (Wildman–Crippen MR) is 129 cm³/mol. The number of nitrogens with zero attached hydrogens (tertiary/aromatic N) is 3. The second kappa shape index (κ2) is 10.1. The summed E-state index contributed by atoms with van der Waals surface area (Å²) in [6, 6.07) is 14.8. The maximum Gasteiger partial charge on any atom is 0.229 e. The third-order valence-electron chi connectivity index (χ3n) is 7.54. The molecule has 2 amide bonds. The highest BCUT2D eigenvalue weighted by Gasteiger charge is 2.45. The molecule has 2 heterocycles. The highest BCUT2D eigenvalue weighted by atomic mass is 19.1. The highest BCUT2D eigenvalue weighted by Crippen LogP contribution is 2.39. The van der Waals surface area contributed by atoms with Crippen molar-refractivity contribution in [3.63, 3.8) is 0 Å². The zero-order valence-corrected chi connectivity index (χ0v) is 20.3.